The number of hydrogen-bond acceptors (Lipinski definition) is 22. The van der Waals surface area contributed by atoms with Gasteiger partial charge in [-0.25, -0.2) is 0 Å². The molecule has 0 saturated heterocycles. The Bertz CT molecular complexity index is 887. The van der Waals surface area contributed by atoms with Crippen LogP contribution in [0.4, 0.5) is 0 Å². The van der Waals surface area contributed by atoms with Crippen molar-refractivity contribution in [3.8, 4) is 0 Å². The molecule has 0 saturated carbocycles. The lowest BCUT2D eigenvalue weighted by molar-refractivity contribution is -0.0242. The van der Waals surface area contributed by atoms with Crippen molar-refractivity contribution in [1.29, 1.82) is 0 Å². The molecule has 0 aromatic heterocycles. The molecular formula is C38H88N2O20Si4. The highest BCUT2D eigenvalue weighted by Crippen LogP contribution is 2.18. The van der Waals surface area contributed by atoms with E-state index in [1.54, 1.807) is 85.3 Å². The second kappa shape index (κ2) is 37.8. The maximum Gasteiger partial charge on any atom is 0.500 e. The third-order valence-electron chi connectivity index (χ3n) is 10.7. The minimum absolute atomic E-state index is 0.0516. The number of aliphatic hydroxyl groups is 4. The Labute approximate surface area is 388 Å². The van der Waals surface area contributed by atoms with Gasteiger partial charge >= 0.3 is 35.2 Å². The molecule has 4 atom stereocenters. The molecule has 64 heavy (non-hydrogen) atoms. The van der Waals surface area contributed by atoms with E-state index in [0.29, 0.717) is 89.4 Å². The van der Waals surface area contributed by atoms with Crippen LogP contribution in [0, 0.1) is 0 Å². The molecule has 4 unspecified atom stereocenters. The van der Waals surface area contributed by atoms with Gasteiger partial charge in [0.05, 0.1) is 50.8 Å². The molecule has 26 heteroatoms. The minimum Gasteiger partial charge on any atom is -0.389 e. The summed E-state index contributed by atoms with van der Waals surface area (Å²) in [6, 6.07) is 2.20. The summed E-state index contributed by atoms with van der Waals surface area (Å²) in [5.41, 5.74) is 0. The lowest BCUT2D eigenvalue weighted by Gasteiger charge is -2.32. The second-order valence-electron chi connectivity index (χ2n) is 15.0. The quantitative estimate of drug-likeness (QED) is 0.0470. The van der Waals surface area contributed by atoms with Crippen molar-refractivity contribution in [1.82, 2.24) is 9.80 Å². The Morgan fingerprint density at radius 1 is 0.312 bits per heavy atom. The van der Waals surface area contributed by atoms with E-state index in [1.165, 1.54) is 0 Å². The number of rotatable bonds is 47. The van der Waals surface area contributed by atoms with E-state index in [1.807, 2.05) is 9.80 Å². The van der Waals surface area contributed by atoms with Crippen molar-refractivity contribution < 1.29 is 92.5 Å². The normalized spacial score (nSPS) is 15.1. The predicted octanol–water partition coefficient (Wildman–Crippen LogP) is 0.173. The highest BCUT2D eigenvalue weighted by Gasteiger charge is 2.39. The molecule has 0 fully saturated rings. The molecular weight excluding hydrogens is 917 g/mol. The van der Waals surface area contributed by atoms with Gasteiger partial charge in [-0.3, -0.25) is 9.80 Å². The average molecular weight is 1010 g/mol. The van der Waals surface area contributed by atoms with Crippen LogP contribution in [-0.4, -0.2) is 267 Å². The zero-order valence-corrected chi connectivity index (χ0v) is 45.1. The Balaban J connectivity index is 5.79. The molecule has 0 aliphatic carbocycles. The van der Waals surface area contributed by atoms with Crippen LogP contribution in [0.5, 0.6) is 0 Å². The van der Waals surface area contributed by atoms with Gasteiger partial charge in [0.25, 0.3) is 0 Å². The topological polar surface area (TPSA) is 235 Å². The van der Waals surface area contributed by atoms with E-state index in [-0.39, 0.29) is 52.6 Å². The van der Waals surface area contributed by atoms with E-state index in [0.717, 1.165) is 0 Å². The number of hydrogen-bond donors (Lipinski definition) is 4. The van der Waals surface area contributed by atoms with E-state index >= 15 is 0 Å². The maximum atomic E-state index is 11.1. The summed E-state index contributed by atoms with van der Waals surface area (Å²) in [7, 11) is 7.68. The number of nitrogens with zero attached hydrogens (tertiary/aromatic N) is 2. The van der Waals surface area contributed by atoms with Gasteiger partial charge in [0.2, 0.25) is 0 Å². The highest BCUT2D eigenvalue weighted by molar-refractivity contribution is 6.61. The zero-order chi connectivity index (χ0) is 48.3. The van der Waals surface area contributed by atoms with Crippen LogP contribution in [0.2, 0.25) is 24.2 Å². The average Bonchev–Trinajstić information content (AvgIpc) is 3.31. The number of aliphatic hydroxyl groups excluding tert-OH is 4. The van der Waals surface area contributed by atoms with Crippen LogP contribution in [0.1, 0.15) is 25.7 Å². The fourth-order valence-electron chi connectivity index (χ4n) is 6.87. The molecule has 0 aliphatic rings. The van der Waals surface area contributed by atoms with Gasteiger partial charge in [-0.2, -0.15) is 0 Å². The molecule has 0 aromatic rings. The molecule has 0 spiro atoms. The van der Waals surface area contributed by atoms with E-state index in [2.05, 4.69) is 0 Å². The van der Waals surface area contributed by atoms with Crippen LogP contribution in [-0.2, 0) is 72.1 Å². The summed E-state index contributed by atoms with van der Waals surface area (Å²) in [5, 5.41) is 44.4. The second-order valence-corrected chi connectivity index (χ2v) is 27.4. The van der Waals surface area contributed by atoms with E-state index in [9.17, 15) is 20.4 Å². The van der Waals surface area contributed by atoms with Gasteiger partial charge in [0, 0.05) is 175 Å². The van der Waals surface area contributed by atoms with Crippen molar-refractivity contribution in [3.63, 3.8) is 0 Å². The molecule has 0 bridgehead atoms. The largest absolute Gasteiger partial charge is 0.500 e. The molecule has 0 aliphatic heterocycles. The molecule has 0 rings (SSSR count). The summed E-state index contributed by atoms with van der Waals surface area (Å²) >= 11 is 0. The van der Waals surface area contributed by atoms with Crippen molar-refractivity contribution >= 4 is 35.2 Å². The van der Waals surface area contributed by atoms with E-state index < -0.39 is 59.6 Å². The molecule has 0 amide bonds. The monoisotopic (exact) mass is 1000 g/mol. The maximum absolute atomic E-state index is 11.1. The summed E-state index contributed by atoms with van der Waals surface area (Å²) in [6.07, 6.45) is -1.14. The van der Waals surface area contributed by atoms with E-state index in [4.69, 9.17) is 72.1 Å². The Morgan fingerprint density at radius 2 is 0.484 bits per heavy atom. The summed E-state index contributed by atoms with van der Waals surface area (Å²) in [4.78, 5) is 3.82. The van der Waals surface area contributed by atoms with Gasteiger partial charge < -0.3 is 92.5 Å². The summed E-state index contributed by atoms with van der Waals surface area (Å²) in [5.74, 6) is 0. The fraction of sp³-hybridized carbons (Fsp3) is 1.00. The first-order chi connectivity index (χ1) is 30.7. The first-order valence-corrected chi connectivity index (χ1v) is 29.5. The van der Waals surface area contributed by atoms with Gasteiger partial charge in [0.1, 0.15) is 0 Å². The van der Waals surface area contributed by atoms with Gasteiger partial charge in [-0.1, -0.05) is 0 Å². The third kappa shape index (κ3) is 26.7. The van der Waals surface area contributed by atoms with Crippen molar-refractivity contribution in [3.05, 3.63) is 0 Å². The molecule has 22 nitrogen and oxygen atoms in total. The Hall–Kier alpha value is -0.0125. The molecule has 0 heterocycles. The highest BCUT2D eigenvalue weighted by atomic mass is 28.4. The fourth-order valence-corrected chi connectivity index (χ4v) is 13.6. The Morgan fingerprint density at radius 3 is 0.641 bits per heavy atom. The number of ether oxygens (including phenoxy) is 4. The predicted molar refractivity (Wildman–Crippen MR) is 245 cm³/mol. The molecule has 4 N–H and O–H groups in total. The SMILES string of the molecule is CO[Si](CCCOCC(O)CN(CCN(CC(O)COCCC[Si](OC)(OC)OC)CC(O)COCCC[Si](OC)(OC)OC)CC(O)COCCC[Si](OC)(OC)OC)(OC)OC. The molecule has 0 aromatic carbocycles. The first-order valence-electron chi connectivity index (χ1n) is 21.8. The smallest absolute Gasteiger partial charge is 0.389 e. The van der Waals surface area contributed by atoms with Crippen LogP contribution in [0.25, 0.3) is 0 Å². The minimum atomic E-state index is -2.75. The van der Waals surface area contributed by atoms with Crippen LogP contribution in [0.3, 0.4) is 0 Å². The van der Waals surface area contributed by atoms with Crippen molar-refractivity contribution in [2.45, 2.75) is 74.3 Å². The molecule has 0 radical (unpaired) electrons. The van der Waals surface area contributed by atoms with Gasteiger partial charge in [-0.15, -0.1) is 0 Å². The van der Waals surface area contributed by atoms with Crippen LogP contribution in [0.15, 0.2) is 0 Å². The van der Waals surface area contributed by atoms with Crippen molar-refractivity contribution in [2.75, 3.05) is 177 Å². The van der Waals surface area contributed by atoms with Crippen molar-refractivity contribution in [2.24, 2.45) is 0 Å². The summed E-state index contributed by atoms with van der Waals surface area (Å²) < 4.78 is 89.1. The van der Waals surface area contributed by atoms with Gasteiger partial charge in [0.15, 0.2) is 0 Å². The van der Waals surface area contributed by atoms with Crippen LogP contribution >= 0.6 is 0 Å². The van der Waals surface area contributed by atoms with Gasteiger partial charge in [-0.05, 0) is 25.7 Å². The third-order valence-corrected chi connectivity index (χ3v) is 22.0. The standard InChI is InChI=1S/C38H88N2O20Si4/c1-45-61(46-2,47-3)23-13-19-57-31-35(41)27-39(28-36(42)32-58-20-14-24-62(48-4,49-5)50-6)17-18-40(29-37(43)33-59-21-15-25-63(51-7,52-8)53-9)30-38(44)34-60-22-16-26-64(54-10,55-11)56-12/h35-38,41-44H,13-34H2,1-12H3. The lowest BCUT2D eigenvalue weighted by atomic mass is 10.2. The zero-order valence-electron chi connectivity index (χ0n) is 41.1. The van der Waals surface area contributed by atoms with Crippen LogP contribution < -0.4 is 0 Å². The first kappa shape index (κ1) is 64.0. The Kier molecular flexibility index (Phi) is 37.8. The molecule has 386 valence electrons. The summed E-state index contributed by atoms with van der Waals surface area (Å²) in [6.45, 7) is 3.02. The lowest BCUT2D eigenvalue weighted by Crippen LogP contribution is -2.47.